The van der Waals surface area contributed by atoms with Crippen molar-refractivity contribution in [1.29, 1.82) is 0 Å². The molecule has 0 saturated carbocycles. The summed E-state index contributed by atoms with van der Waals surface area (Å²) in [5.74, 6) is -1.00. The van der Waals surface area contributed by atoms with Crippen LogP contribution in [0.15, 0.2) is 18.3 Å². The van der Waals surface area contributed by atoms with Crippen molar-refractivity contribution in [1.82, 2.24) is 4.98 Å². The van der Waals surface area contributed by atoms with E-state index in [0.717, 1.165) is 0 Å². The molecule has 1 N–H and O–H groups in total. The maximum atomic E-state index is 13.4. The van der Waals surface area contributed by atoms with E-state index in [-0.39, 0.29) is 17.2 Å². The lowest BCUT2D eigenvalue weighted by Crippen LogP contribution is -2.09. The van der Waals surface area contributed by atoms with E-state index < -0.39 is 11.8 Å². The summed E-state index contributed by atoms with van der Waals surface area (Å²) in [7, 11) is 1.64. The molecular weight excluding hydrogens is 271 g/mol. The van der Waals surface area contributed by atoms with Crippen molar-refractivity contribution in [3.05, 3.63) is 34.7 Å². The van der Waals surface area contributed by atoms with E-state index >= 15 is 0 Å². The summed E-state index contributed by atoms with van der Waals surface area (Å²) in [6.45, 7) is 1.96. The molecule has 0 spiro atoms. The van der Waals surface area contributed by atoms with Gasteiger partial charge in [-0.15, -0.1) is 0 Å². The van der Waals surface area contributed by atoms with Gasteiger partial charge in [0.2, 0.25) is 0 Å². The zero-order valence-corrected chi connectivity index (χ0v) is 11.2. The van der Waals surface area contributed by atoms with Crippen LogP contribution in [0.5, 0.6) is 0 Å². The molecule has 19 heavy (non-hydrogen) atoms. The van der Waals surface area contributed by atoms with Crippen LogP contribution in [-0.4, -0.2) is 24.6 Å². The molecule has 2 rings (SSSR count). The van der Waals surface area contributed by atoms with Gasteiger partial charge in [-0.25, -0.2) is 9.18 Å². The molecule has 0 bridgehead atoms. The molecular formula is C13H12ClFN2O2. The number of anilines is 1. The lowest BCUT2D eigenvalue weighted by molar-refractivity contribution is 0.0527. The van der Waals surface area contributed by atoms with Gasteiger partial charge in [-0.3, -0.25) is 4.98 Å². The van der Waals surface area contributed by atoms with Crippen LogP contribution in [0.4, 0.5) is 10.1 Å². The first-order chi connectivity index (χ1) is 9.08. The highest BCUT2D eigenvalue weighted by molar-refractivity contribution is 6.35. The second kappa shape index (κ2) is 5.40. The number of pyridine rings is 1. The van der Waals surface area contributed by atoms with Gasteiger partial charge < -0.3 is 10.1 Å². The fourth-order valence-corrected chi connectivity index (χ4v) is 2.11. The van der Waals surface area contributed by atoms with Crippen molar-refractivity contribution < 1.29 is 13.9 Å². The van der Waals surface area contributed by atoms with E-state index in [1.54, 1.807) is 14.0 Å². The normalized spacial score (nSPS) is 10.5. The standard InChI is InChI=1S/C13H12ClFN2O2/c1-3-19-13(18)9-6-17-12-8(11(9)16-2)4-7(15)5-10(12)14/h4-6H,3H2,1-2H3,(H,16,17). The second-order valence-electron chi connectivity index (χ2n) is 3.80. The Morgan fingerprint density at radius 2 is 2.26 bits per heavy atom. The molecule has 0 saturated heterocycles. The number of hydrogen-bond acceptors (Lipinski definition) is 4. The number of nitrogens with one attached hydrogen (secondary N) is 1. The Morgan fingerprint density at radius 3 is 2.89 bits per heavy atom. The van der Waals surface area contributed by atoms with Crippen molar-refractivity contribution >= 4 is 34.2 Å². The summed E-state index contributed by atoms with van der Waals surface area (Å²) in [6.07, 6.45) is 1.37. The van der Waals surface area contributed by atoms with Crippen molar-refractivity contribution in [2.24, 2.45) is 0 Å². The first kappa shape index (κ1) is 13.5. The quantitative estimate of drug-likeness (QED) is 0.878. The maximum Gasteiger partial charge on any atom is 0.341 e. The van der Waals surface area contributed by atoms with Crippen LogP contribution < -0.4 is 5.32 Å². The highest BCUT2D eigenvalue weighted by Crippen LogP contribution is 2.31. The van der Waals surface area contributed by atoms with Crippen LogP contribution in [0, 0.1) is 5.82 Å². The van der Waals surface area contributed by atoms with Crippen molar-refractivity contribution in [2.75, 3.05) is 19.0 Å². The number of ether oxygens (including phenoxy) is 1. The first-order valence-electron chi connectivity index (χ1n) is 5.71. The Hall–Kier alpha value is -1.88. The summed E-state index contributed by atoms with van der Waals surface area (Å²) in [4.78, 5) is 15.9. The maximum absolute atomic E-state index is 13.4. The lowest BCUT2D eigenvalue weighted by atomic mass is 10.1. The van der Waals surface area contributed by atoms with E-state index in [9.17, 15) is 9.18 Å². The molecule has 4 nitrogen and oxygen atoms in total. The fraction of sp³-hybridized carbons (Fsp3) is 0.231. The number of aromatic nitrogens is 1. The molecule has 1 aromatic carbocycles. The third-order valence-corrected chi connectivity index (χ3v) is 2.92. The molecule has 0 unspecified atom stereocenters. The largest absolute Gasteiger partial charge is 0.462 e. The molecule has 0 fully saturated rings. The van der Waals surface area contributed by atoms with Gasteiger partial charge in [0.25, 0.3) is 0 Å². The van der Waals surface area contributed by atoms with Crippen LogP contribution in [0.2, 0.25) is 5.02 Å². The predicted octanol–water partition coefficient (Wildman–Crippen LogP) is 3.25. The Kier molecular flexibility index (Phi) is 3.85. The van der Waals surface area contributed by atoms with Crippen molar-refractivity contribution in [3.63, 3.8) is 0 Å². The van der Waals surface area contributed by atoms with Crippen molar-refractivity contribution in [2.45, 2.75) is 6.92 Å². The molecule has 0 atom stereocenters. The lowest BCUT2D eigenvalue weighted by Gasteiger charge is -2.12. The van der Waals surface area contributed by atoms with Gasteiger partial charge in [0.1, 0.15) is 11.4 Å². The molecule has 0 amide bonds. The summed E-state index contributed by atoms with van der Waals surface area (Å²) < 4.78 is 18.4. The molecule has 2 aromatic rings. The summed E-state index contributed by atoms with van der Waals surface area (Å²) in [5, 5.41) is 3.51. The SMILES string of the molecule is CCOC(=O)c1cnc2c(Cl)cc(F)cc2c1NC. The number of rotatable bonds is 3. The van der Waals surface area contributed by atoms with Crippen LogP contribution >= 0.6 is 11.6 Å². The van der Waals surface area contributed by atoms with Gasteiger partial charge in [0.15, 0.2) is 0 Å². The topological polar surface area (TPSA) is 51.2 Å². The third kappa shape index (κ3) is 2.46. The van der Waals surface area contributed by atoms with Crippen LogP contribution in [0.1, 0.15) is 17.3 Å². The van der Waals surface area contributed by atoms with Gasteiger partial charge in [-0.2, -0.15) is 0 Å². The molecule has 100 valence electrons. The number of nitrogens with zero attached hydrogens (tertiary/aromatic N) is 1. The highest BCUT2D eigenvalue weighted by Gasteiger charge is 2.17. The number of hydrogen-bond donors (Lipinski definition) is 1. The minimum atomic E-state index is -0.512. The van der Waals surface area contributed by atoms with E-state index in [1.165, 1.54) is 18.3 Å². The number of esters is 1. The first-order valence-corrected chi connectivity index (χ1v) is 6.09. The molecule has 0 aliphatic carbocycles. The molecule has 0 aliphatic rings. The Balaban J connectivity index is 2.72. The molecule has 0 aliphatic heterocycles. The zero-order valence-electron chi connectivity index (χ0n) is 10.5. The monoisotopic (exact) mass is 282 g/mol. The van der Waals surface area contributed by atoms with Gasteiger partial charge in [-0.1, -0.05) is 11.6 Å². The summed E-state index contributed by atoms with van der Waals surface area (Å²) >= 11 is 5.94. The average Bonchev–Trinajstić information content (AvgIpc) is 2.37. The fourth-order valence-electron chi connectivity index (χ4n) is 1.86. The predicted molar refractivity (Wildman–Crippen MR) is 72.2 cm³/mol. The Bertz CT molecular complexity index is 646. The van der Waals surface area contributed by atoms with E-state index in [4.69, 9.17) is 16.3 Å². The molecule has 1 aromatic heterocycles. The Morgan fingerprint density at radius 1 is 1.53 bits per heavy atom. The zero-order chi connectivity index (χ0) is 14.0. The van der Waals surface area contributed by atoms with Crippen LogP contribution in [-0.2, 0) is 4.74 Å². The number of halogens is 2. The molecule has 0 radical (unpaired) electrons. The molecule has 1 heterocycles. The smallest absolute Gasteiger partial charge is 0.341 e. The van der Waals surface area contributed by atoms with Crippen LogP contribution in [0.25, 0.3) is 10.9 Å². The third-order valence-electron chi connectivity index (χ3n) is 2.63. The molecule has 6 heteroatoms. The summed E-state index contributed by atoms with van der Waals surface area (Å²) in [6, 6.07) is 2.46. The van der Waals surface area contributed by atoms with E-state index in [1.807, 2.05) is 0 Å². The van der Waals surface area contributed by atoms with Gasteiger partial charge in [0, 0.05) is 18.6 Å². The number of carbonyl (C=O) groups excluding carboxylic acids is 1. The van der Waals surface area contributed by atoms with Crippen LogP contribution in [0.3, 0.4) is 0 Å². The number of benzene rings is 1. The summed E-state index contributed by atoms with van der Waals surface area (Å²) in [5.41, 5.74) is 1.13. The average molecular weight is 283 g/mol. The Labute approximate surface area is 114 Å². The number of carbonyl (C=O) groups is 1. The minimum absolute atomic E-state index is 0.196. The number of fused-ring (bicyclic) bond motifs is 1. The van der Waals surface area contributed by atoms with Gasteiger partial charge in [0.05, 0.1) is 22.8 Å². The second-order valence-corrected chi connectivity index (χ2v) is 4.21. The highest BCUT2D eigenvalue weighted by atomic mass is 35.5. The minimum Gasteiger partial charge on any atom is -0.462 e. The van der Waals surface area contributed by atoms with E-state index in [0.29, 0.717) is 16.6 Å². The van der Waals surface area contributed by atoms with Crippen molar-refractivity contribution in [3.8, 4) is 0 Å². The van der Waals surface area contributed by atoms with E-state index in [2.05, 4.69) is 10.3 Å². The van der Waals surface area contributed by atoms with Gasteiger partial charge in [-0.05, 0) is 19.1 Å². The van der Waals surface area contributed by atoms with Gasteiger partial charge >= 0.3 is 5.97 Å².